The van der Waals surface area contributed by atoms with Gasteiger partial charge in [0, 0.05) is 32.1 Å². The van der Waals surface area contributed by atoms with Gasteiger partial charge in [0.2, 0.25) is 0 Å². The van der Waals surface area contributed by atoms with Crippen molar-refractivity contribution in [3.05, 3.63) is 30.0 Å². The standard InChI is InChI=1S/C17H27N3O/c1-4-7-14(2)13-20-17-9-6-5-8-15(17)16(19-20)12-18-10-11-21-3/h5-6,8-9,14,18H,4,7,10-13H2,1-3H3. The van der Waals surface area contributed by atoms with Crippen LogP contribution in [0.3, 0.4) is 0 Å². The first-order valence-electron chi connectivity index (χ1n) is 7.90. The van der Waals surface area contributed by atoms with Gasteiger partial charge in [0.25, 0.3) is 0 Å². The molecule has 1 N–H and O–H groups in total. The number of nitrogens with zero attached hydrogens (tertiary/aromatic N) is 2. The highest BCUT2D eigenvalue weighted by Gasteiger charge is 2.11. The molecular weight excluding hydrogens is 262 g/mol. The SMILES string of the molecule is CCCC(C)Cn1nc(CNCCOC)c2ccccc21. The van der Waals surface area contributed by atoms with Crippen LogP contribution >= 0.6 is 0 Å². The van der Waals surface area contributed by atoms with Gasteiger partial charge in [-0.3, -0.25) is 4.68 Å². The Morgan fingerprint density at radius 3 is 2.90 bits per heavy atom. The Hall–Kier alpha value is -1.39. The van der Waals surface area contributed by atoms with Crippen molar-refractivity contribution in [3.8, 4) is 0 Å². The highest BCUT2D eigenvalue weighted by Crippen LogP contribution is 2.20. The molecule has 0 saturated heterocycles. The van der Waals surface area contributed by atoms with Crippen LogP contribution in [0, 0.1) is 5.92 Å². The van der Waals surface area contributed by atoms with E-state index in [1.807, 2.05) is 0 Å². The summed E-state index contributed by atoms with van der Waals surface area (Å²) in [6.07, 6.45) is 2.47. The topological polar surface area (TPSA) is 39.1 Å². The molecule has 116 valence electrons. The Morgan fingerprint density at radius 2 is 2.14 bits per heavy atom. The predicted molar refractivity (Wildman–Crippen MR) is 87.4 cm³/mol. The number of nitrogens with one attached hydrogen (secondary N) is 1. The molecule has 1 aromatic heterocycles. The Bertz CT molecular complexity index is 550. The third-order valence-electron chi connectivity index (χ3n) is 3.78. The summed E-state index contributed by atoms with van der Waals surface area (Å²) in [7, 11) is 1.72. The van der Waals surface area contributed by atoms with Gasteiger partial charge in [-0.2, -0.15) is 5.10 Å². The molecule has 21 heavy (non-hydrogen) atoms. The van der Waals surface area contributed by atoms with Crippen LogP contribution in [0.4, 0.5) is 0 Å². The van der Waals surface area contributed by atoms with Crippen molar-refractivity contribution in [2.75, 3.05) is 20.3 Å². The largest absolute Gasteiger partial charge is 0.383 e. The quantitative estimate of drug-likeness (QED) is 0.721. The molecular formula is C17H27N3O. The van der Waals surface area contributed by atoms with Crippen molar-refractivity contribution in [1.82, 2.24) is 15.1 Å². The van der Waals surface area contributed by atoms with Crippen LogP contribution in [-0.2, 0) is 17.8 Å². The van der Waals surface area contributed by atoms with E-state index in [0.717, 1.165) is 31.9 Å². The first-order valence-corrected chi connectivity index (χ1v) is 7.90. The number of para-hydroxylation sites is 1. The number of hydrogen-bond donors (Lipinski definition) is 1. The minimum absolute atomic E-state index is 0.660. The molecule has 0 aliphatic rings. The van der Waals surface area contributed by atoms with Crippen molar-refractivity contribution in [2.45, 2.75) is 39.8 Å². The summed E-state index contributed by atoms with van der Waals surface area (Å²) in [6, 6.07) is 8.51. The Kier molecular flexibility index (Phi) is 6.21. The maximum Gasteiger partial charge on any atom is 0.0841 e. The molecule has 1 heterocycles. The molecule has 2 rings (SSSR count). The summed E-state index contributed by atoms with van der Waals surface area (Å²) in [5.41, 5.74) is 2.37. The second-order valence-electron chi connectivity index (χ2n) is 5.71. The first kappa shape index (κ1) is 16.0. The molecule has 1 aromatic carbocycles. The molecule has 4 heteroatoms. The monoisotopic (exact) mass is 289 g/mol. The average molecular weight is 289 g/mol. The summed E-state index contributed by atoms with van der Waals surface area (Å²) < 4.78 is 7.23. The number of methoxy groups -OCH3 is 1. The van der Waals surface area contributed by atoms with Crippen LogP contribution in [0.2, 0.25) is 0 Å². The fraction of sp³-hybridized carbons (Fsp3) is 0.588. The zero-order valence-corrected chi connectivity index (χ0v) is 13.4. The molecule has 0 amide bonds. The van der Waals surface area contributed by atoms with Crippen molar-refractivity contribution in [2.24, 2.45) is 5.92 Å². The summed E-state index contributed by atoms with van der Waals surface area (Å²) in [5, 5.41) is 9.46. The molecule has 0 bridgehead atoms. The highest BCUT2D eigenvalue weighted by molar-refractivity contribution is 5.81. The van der Waals surface area contributed by atoms with E-state index >= 15 is 0 Å². The van der Waals surface area contributed by atoms with Gasteiger partial charge in [-0.25, -0.2) is 0 Å². The second kappa shape index (κ2) is 8.15. The van der Waals surface area contributed by atoms with Crippen molar-refractivity contribution < 1.29 is 4.74 Å². The smallest absolute Gasteiger partial charge is 0.0841 e. The van der Waals surface area contributed by atoms with E-state index in [0.29, 0.717) is 5.92 Å². The third kappa shape index (κ3) is 4.29. The molecule has 2 aromatic rings. The molecule has 0 spiro atoms. The molecule has 0 aliphatic carbocycles. The van der Waals surface area contributed by atoms with Gasteiger partial charge in [-0.15, -0.1) is 0 Å². The van der Waals surface area contributed by atoms with Gasteiger partial charge < -0.3 is 10.1 Å². The van der Waals surface area contributed by atoms with E-state index in [9.17, 15) is 0 Å². The maximum atomic E-state index is 5.06. The van der Waals surface area contributed by atoms with Crippen molar-refractivity contribution in [3.63, 3.8) is 0 Å². The Morgan fingerprint density at radius 1 is 1.33 bits per heavy atom. The van der Waals surface area contributed by atoms with Gasteiger partial charge in [-0.1, -0.05) is 38.5 Å². The fourth-order valence-corrected chi connectivity index (χ4v) is 2.73. The Balaban J connectivity index is 2.14. The normalized spacial score (nSPS) is 12.9. The minimum Gasteiger partial charge on any atom is -0.383 e. The predicted octanol–water partition coefficient (Wildman–Crippen LogP) is 3.21. The lowest BCUT2D eigenvalue weighted by atomic mass is 10.1. The highest BCUT2D eigenvalue weighted by atomic mass is 16.5. The lowest BCUT2D eigenvalue weighted by Gasteiger charge is -2.10. The van der Waals surface area contributed by atoms with Crippen molar-refractivity contribution in [1.29, 1.82) is 0 Å². The fourth-order valence-electron chi connectivity index (χ4n) is 2.73. The molecule has 1 atom stereocenters. The number of rotatable bonds is 9. The van der Waals surface area contributed by atoms with Gasteiger partial charge in [0.05, 0.1) is 17.8 Å². The van der Waals surface area contributed by atoms with Crippen molar-refractivity contribution >= 4 is 10.9 Å². The van der Waals surface area contributed by atoms with Crippen LogP contribution in [0.15, 0.2) is 24.3 Å². The summed E-state index contributed by atoms with van der Waals surface area (Å²) >= 11 is 0. The molecule has 0 aliphatic heterocycles. The summed E-state index contributed by atoms with van der Waals surface area (Å²) in [5.74, 6) is 0.660. The lowest BCUT2D eigenvalue weighted by molar-refractivity contribution is 0.199. The van der Waals surface area contributed by atoms with E-state index < -0.39 is 0 Å². The zero-order chi connectivity index (χ0) is 15.1. The minimum atomic E-state index is 0.660. The molecule has 0 fully saturated rings. The number of fused-ring (bicyclic) bond motifs is 1. The Labute approximate surface area is 127 Å². The molecule has 0 radical (unpaired) electrons. The molecule has 4 nitrogen and oxygen atoms in total. The summed E-state index contributed by atoms with van der Waals surface area (Å²) in [4.78, 5) is 0. The second-order valence-corrected chi connectivity index (χ2v) is 5.71. The molecule has 0 saturated carbocycles. The van der Waals surface area contributed by atoms with Crippen LogP contribution in [-0.4, -0.2) is 30.0 Å². The van der Waals surface area contributed by atoms with E-state index in [1.165, 1.54) is 23.7 Å². The molecule has 1 unspecified atom stereocenters. The van der Waals surface area contributed by atoms with Crippen LogP contribution in [0.5, 0.6) is 0 Å². The number of hydrogen-bond acceptors (Lipinski definition) is 3. The van der Waals surface area contributed by atoms with Gasteiger partial charge in [0.15, 0.2) is 0 Å². The van der Waals surface area contributed by atoms with Gasteiger partial charge >= 0.3 is 0 Å². The van der Waals surface area contributed by atoms with E-state index in [1.54, 1.807) is 7.11 Å². The van der Waals surface area contributed by atoms with Crippen LogP contribution in [0.25, 0.3) is 10.9 Å². The zero-order valence-electron chi connectivity index (χ0n) is 13.4. The first-order chi connectivity index (χ1) is 10.3. The van der Waals surface area contributed by atoms with E-state index in [2.05, 4.69) is 48.1 Å². The lowest BCUT2D eigenvalue weighted by Crippen LogP contribution is -2.19. The van der Waals surface area contributed by atoms with E-state index in [-0.39, 0.29) is 0 Å². The van der Waals surface area contributed by atoms with E-state index in [4.69, 9.17) is 9.84 Å². The number of aromatic nitrogens is 2. The van der Waals surface area contributed by atoms with Crippen LogP contribution in [0.1, 0.15) is 32.4 Å². The summed E-state index contributed by atoms with van der Waals surface area (Å²) in [6.45, 7) is 7.90. The van der Waals surface area contributed by atoms with Gasteiger partial charge in [-0.05, 0) is 18.4 Å². The third-order valence-corrected chi connectivity index (χ3v) is 3.78. The maximum absolute atomic E-state index is 5.06. The van der Waals surface area contributed by atoms with Gasteiger partial charge in [0.1, 0.15) is 0 Å². The number of benzene rings is 1. The average Bonchev–Trinajstić information content (AvgIpc) is 2.82. The van der Waals surface area contributed by atoms with Crippen LogP contribution < -0.4 is 5.32 Å². The number of ether oxygens (including phenoxy) is 1.